The lowest BCUT2D eigenvalue weighted by Gasteiger charge is -2.00. The summed E-state index contributed by atoms with van der Waals surface area (Å²) in [6.07, 6.45) is 10.1. The summed E-state index contributed by atoms with van der Waals surface area (Å²) in [5, 5.41) is 2.76. The molecule has 0 aliphatic heterocycles. The molecule has 1 fully saturated rings. The minimum atomic E-state index is 0.834. The minimum Gasteiger partial charge on any atom is -0.264 e. The van der Waals surface area contributed by atoms with Crippen molar-refractivity contribution in [1.82, 2.24) is 4.98 Å². The molecule has 0 aromatic carbocycles. The molecule has 0 saturated heterocycles. The van der Waals surface area contributed by atoms with E-state index in [1.54, 1.807) is 0 Å². The summed E-state index contributed by atoms with van der Waals surface area (Å²) in [5.41, 5.74) is 1.31. The third-order valence-corrected chi connectivity index (χ3v) is 2.88. The molecule has 2 atom stereocenters. The number of nitrogens with zero attached hydrogens (tertiary/aromatic N) is 1. The molecule has 1 aromatic heterocycles. The summed E-state index contributed by atoms with van der Waals surface area (Å²) < 4.78 is 0. The lowest BCUT2D eigenvalue weighted by Crippen LogP contribution is -2.30. The van der Waals surface area contributed by atoms with Gasteiger partial charge in [-0.3, -0.25) is 4.98 Å². The zero-order valence-electron chi connectivity index (χ0n) is 9.12. The summed E-state index contributed by atoms with van der Waals surface area (Å²) in [5.74, 6) is 1.68. The van der Waals surface area contributed by atoms with E-state index in [2.05, 4.69) is 24.1 Å². The van der Waals surface area contributed by atoms with Crippen LogP contribution in [0.1, 0.15) is 25.8 Å². The van der Waals surface area contributed by atoms with Crippen LogP contribution in [-0.2, 0) is 0 Å². The van der Waals surface area contributed by atoms with Gasteiger partial charge in [-0.2, -0.15) is 0 Å². The highest BCUT2D eigenvalue weighted by Crippen LogP contribution is 2.41. The molecular formula is C13H17N. The molecule has 0 N–H and O–H groups in total. The van der Waals surface area contributed by atoms with Gasteiger partial charge in [0.25, 0.3) is 0 Å². The molecule has 74 valence electrons. The van der Waals surface area contributed by atoms with Crippen LogP contribution in [0.2, 0.25) is 0 Å². The number of aryl methyl sites for hydroxylation is 1. The fraction of sp³-hybridized carbons (Fsp3) is 0.462. The summed E-state index contributed by atoms with van der Waals surface area (Å²) in [7, 11) is 0. The van der Waals surface area contributed by atoms with Gasteiger partial charge in [-0.05, 0) is 41.2 Å². The van der Waals surface area contributed by atoms with E-state index in [0.29, 0.717) is 0 Å². The highest BCUT2D eigenvalue weighted by Gasteiger charge is 2.34. The molecule has 2 aliphatic carbocycles. The number of hydrogen-bond acceptors (Lipinski definition) is 1. The maximum absolute atomic E-state index is 4.20. The van der Waals surface area contributed by atoms with Crippen LogP contribution in [-0.4, -0.2) is 4.98 Å². The van der Waals surface area contributed by atoms with Gasteiger partial charge >= 0.3 is 0 Å². The lowest BCUT2D eigenvalue weighted by atomic mass is 10.1. The average Bonchev–Trinajstić information content (AvgIpc) is 2.97. The van der Waals surface area contributed by atoms with Crippen molar-refractivity contribution in [2.75, 3.05) is 0 Å². The maximum atomic E-state index is 4.20. The zero-order valence-corrected chi connectivity index (χ0v) is 9.12. The summed E-state index contributed by atoms with van der Waals surface area (Å²) in [6.45, 7) is 6.14. The lowest BCUT2D eigenvalue weighted by molar-refractivity contribution is 1.04. The highest BCUT2D eigenvalue weighted by atomic mass is 14.6. The monoisotopic (exact) mass is 187 g/mol. The van der Waals surface area contributed by atoms with E-state index in [0.717, 1.165) is 11.8 Å². The second kappa shape index (κ2) is 3.56. The van der Waals surface area contributed by atoms with Crippen molar-refractivity contribution in [3.05, 3.63) is 28.4 Å². The van der Waals surface area contributed by atoms with Crippen LogP contribution < -0.4 is 10.4 Å². The first kappa shape index (κ1) is 9.45. The summed E-state index contributed by atoms with van der Waals surface area (Å²) >= 11 is 0. The normalized spacial score (nSPS) is 25.6. The van der Waals surface area contributed by atoms with Gasteiger partial charge in [-0.15, -0.1) is 0 Å². The zero-order chi connectivity index (χ0) is 10.1. The molecule has 1 aromatic rings. The molecule has 0 spiro atoms. The van der Waals surface area contributed by atoms with Crippen LogP contribution in [0.4, 0.5) is 0 Å². The quantitative estimate of drug-likeness (QED) is 0.601. The summed E-state index contributed by atoms with van der Waals surface area (Å²) in [6, 6.07) is 0. The van der Waals surface area contributed by atoms with Crippen molar-refractivity contribution in [2.45, 2.75) is 27.2 Å². The van der Waals surface area contributed by atoms with Crippen molar-refractivity contribution in [1.29, 1.82) is 0 Å². The van der Waals surface area contributed by atoms with Gasteiger partial charge in [0.05, 0.1) is 0 Å². The third kappa shape index (κ3) is 1.47. The Labute approximate surface area is 85.2 Å². The maximum Gasteiger partial charge on any atom is 0.0343 e. The number of aromatic nitrogens is 1. The Morgan fingerprint density at radius 3 is 2.64 bits per heavy atom. The molecule has 3 rings (SSSR count). The number of fused-ring (bicyclic) bond motifs is 2. The molecule has 1 saturated carbocycles. The fourth-order valence-electron chi connectivity index (χ4n) is 2.02. The van der Waals surface area contributed by atoms with Crippen LogP contribution in [0.5, 0.6) is 0 Å². The predicted octanol–water partition coefficient (Wildman–Crippen LogP) is 1.63. The number of pyridine rings is 1. The Balaban J connectivity index is 0.000000354. The number of rotatable bonds is 0. The third-order valence-electron chi connectivity index (χ3n) is 2.88. The van der Waals surface area contributed by atoms with Crippen LogP contribution >= 0.6 is 0 Å². The Morgan fingerprint density at radius 1 is 1.14 bits per heavy atom. The predicted molar refractivity (Wildman–Crippen MR) is 60.1 cm³/mol. The second-order valence-electron chi connectivity index (χ2n) is 3.86. The van der Waals surface area contributed by atoms with E-state index in [9.17, 15) is 0 Å². The molecule has 1 nitrogen and oxygen atoms in total. The first-order chi connectivity index (χ1) is 6.84. The fourth-order valence-corrected chi connectivity index (χ4v) is 2.02. The highest BCUT2D eigenvalue weighted by molar-refractivity contribution is 5.50. The Hall–Kier alpha value is -1.11. The van der Waals surface area contributed by atoms with E-state index in [4.69, 9.17) is 0 Å². The molecule has 0 amide bonds. The molecular weight excluding hydrogens is 170 g/mol. The second-order valence-corrected chi connectivity index (χ2v) is 3.86. The molecule has 14 heavy (non-hydrogen) atoms. The Bertz CT molecular complexity index is 445. The van der Waals surface area contributed by atoms with Crippen molar-refractivity contribution in [3.63, 3.8) is 0 Å². The SMILES string of the molecule is CC.Cc1cncc2c1=CC1CC1C=2. The molecule has 1 heteroatoms. The summed E-state index contributed by atoms with van der Waals surface area (Å²) in [4.78, 5) is 4.20. The first-order valence-corrected chi connectivity index (χ1v) is 5.49. The van der Waals surface area contributed by atoms with E-state index in [1.165, 1.54) is 22.4 Å². The average molecular weight is 187 g/mol. The Morgan fingerprint density at radius 2 is 1.86 bits per heavy atom. The van der Waals surface area contributed by atoms with E-state index < -0.39 is 0 Å². The number of hydrogen-bond donors (Lipinski definition) is 0. The van der Waals surface area contributed by atoms with Gasteiger partial charge in [0.15, 0.2) is 0 Å². The largest absolute Gasteiger partial charge is 0.264 e. The molecule has 0 radical (unpaired) electrons. The topological polar surface area (TPSA) is 12.9 Å². The van der Waals surface area contributed by atoms with Gasteiger partial charge in [0.1, 0.15) is 0 Å². The van der Waals surface area contributed by atoms with Gasteiger partial charge in [0, 0.05) is 12.4 Å². The van der Waals surface area contributed by atoms with Crippen molar-refractivity contribution < 1.29 is 0 Å². The van der Waals surface area contributed by atoms with E-state index in [1.807, 2.05) is 26.2 Å². The smallest absolute Gasteiger partial charge is 0.0343 e. The van der Waals surface area contributed by atoms with Crippen LogP contribution in [0.15, 0.2) is 12.4 Å². The van der Waals surface area contributed by atoms with Crippen molar-refractivity contribution in [3.8, 4) is 0 Å². The molecule has 1 heterocycles. The van der Waals surface area contributed by atoms with Crippen molar-refractivity contribution in [2.24, 2.45) is 11.8 Å². The van der Waals surface area contributed by atoms with Gasteiger partial charge in [0.2, 0.25) is 0 Å². The van der Waals surface area contributed by atoms with Crippen LogP contribution in [0, 0.1) is 18.8 Å². The van der Waals surface area contributed by atoms with E-state index in [-0.39, 0.29) is 0 Å². The van der Waals surface area contributed by atoms with Gasteiger partial charge in [-0.1, -0.05) is 26.0 Å². The molecule has 2 unspecified atom stereocenters. The molecule has 0 bridgehead atoms. The Kier molecular flexibility index (Phi) is 2.40. The first-order valence-electron chi connectivity index (χ1n) is 5.49. The standard InChI is InChI=1S/C11H11N.C2H6/c1-7-5-12-6-10-3-8-2-9(8)4-11(7)10;1-2/h3-6,8-9H,2H2,1H3;1-2H3. The van der Waals surface area contributed by atoms with Crippen molar-refractivity contribution >= 4 is 12.2 Å². The minimum absolute atomic E-state index is 0.834. The molecule has 2 aliphatic rings. The van der Waals surface area contributed by atoms with Crippen LogP contribution in [0.3, 0.4) is 0 Å². The van der Waals surface area contributed by atoms with Crippen LogP contribution in [0.25, 0.3) is 12.2 Å². The van der Waals surface area contributed by atoms with E-state index >= 15 is 0 Å². The van der Waals surface area contributed by atoms with Gasteiger partial charge < -0.3 is 0 Å². The van der Waals surface area contributed by atoms with Gasteiger partial charge in [-0.25, -0.2) is 0 Å².